The molecular weight excluding hydrogens is 134 g/mol. The van der Waals surface area contributed by atoms with Crippen LogP contribution in [0.15, 0.2) is 0 Å². The standard InChI is InChI=1S/C10H19N/c1-6-8-9(11-5)10(3,4)7-2/h1,9,11H,7-8H2,2-5H3. The second-order valence-corrected chi connectivity index (χ2v) is 3.59. The van der Waals surface area contributed by atoms with Crippen molar-refractivity contribution in [2.75, 3.05) is 7.05 Å². The molecule has 0 radical (unpaired) electrons. The Morgan fingerprint density at radius 1 is 1.55 bits per heavy atom. The Balaban J connectivity index is 4.13. The van der Waals surface area contributed by atoms with Crippen LogP contribution < -0.4 is 5.32 Å². The van der Waals surface area contributed by atoms with Crippen LogP contribution >= 0.6 is 0 Å². The van der Waals surface area contributed by atoms with Gasteiger partial charge in [0.15, 0.2) is 0 Å². The van der Waals surface area contributed by atoms with E-state index in [1.165, 1.54) is 0 Å². The molecule has 1 atom stereocenters. The average molecular weight is 153 g/mol. The van der Waals surface area contributed by atoms with Gasteiger partial charge in [0.1, 0.15) is 0 Å². The SMILES string of the molecule is C#CCC(NC)C(C)(C)CC. The lowest BCUT2D eigenvalue weighted by Crippen LogP contribution is -2.39. The van der Waals surface area contributed by atoms with Gasteiger partial charge in [-0.1, -0.05) is 20.8 Å². The molecule has 0 fully saturated rings. The van der Waals surface area contributed by atoms with Gasteiger partial charge in [-0.3, -0.25) is 0 Å². The number of hydrogen-bond donors (Lipinski definition) is 1. The minimum absolute atomic E-state index is 0.307. The molecule has 1 N–H and O–H groups in total. The Bertz CT molecular complexity index is 141. The van der Waals surface area contributed by atoms with Crippen LogP contribution in [0.5, 0.6) is 0 Å². The van der Waals surface area contributed by atoms with E-state index in [-0.39, 0.29) is 0 Å². The lowest BCUT2D eigenvalue weighted by molar-refractivity contribution is 0.245. The molecule has 1 nitrogen and oxygen atoms in total. The zero-order valence-corrected chi connectivity index (χ0v) is 8.07. The van der Waals surface area contributed by atoms with Crippen molar-refractivity contribution in [3.05, 3.63) is 0 Å². The summed E-state index contributed by atoms with van der Waals surface area (Å²) in [6, 6.07) is 0.442. The molecule has 0 aliphatic carbocycles. The van der Waals surface area contributed by atoms with Crippen molar-refractivity contribution in [2.45, 2.75) is 39.7 Å². The van der Waals surface area contributed by atoms with E-state index >= 15 is 0 Å². The molecule has 0 aromatic heterocycles. The predicted octanol–water partition coefficient (Wildman–Crippen LogP) is 2.03. The molecule has 0 aromatic rings. The molecule has 0 heterocycles. The number of nitrogens with one attached hydrogen (secondary N) is 1. The predicted molar refractivity (Wildman–Crippen MR) is 50.4 cm³/mol. The molecule has 1 unspecified atom stereocenters. The second kappa shape index (κ2) is 4.41. The van der Waals surface area contributed by atoms with Gasteiger partial charge in [0.25, 0.3) is 0 Å². The molecule has 0 aliphatic heterocycles. The smallest absolute Gasteiger partial charge is 0.0245 e. The van der Waals surface area contributed by atoms with E-state index in [0.717, 1.165) is 12.8 Å². The first-order chi connectivity index (χ1) is 5.08. The van der Waals surface area contributed by atoms with Crippen molar-refractivity contribution in [2.24, 2.45) is 5.41 Å². The van der Waals surface area contributed by atoms with E-state index in [2.05, 4.69) is 32.0 Å². The first-order valence-corrected chi connectivity index (χ1v) is 4.19. The third-order valence-corrected chi connectivity index (χ3v) is 2.52. The van der Waals surface area contributed by atoms with Crippen molar-refractivity contribution < 1.29 is 0 Å². The second-order valence-electron chi connectivity index (χ2n) is 3.59. The molecule has 0 aliphatic rings. The molecule has 1 heteroatoms. The first kappa shape index (κ1) is 10.5. The van der Waals surface area contributed by atoms with Gasteiger partial charge in [0, 0.05) is 12.5 Å². The van der Waals surface area contributed by atoms with E-state index in [9.17, 15) is 0 Å². The maximum absolute atomic E-state index is 5.27. The van der Waals surface area contributed by atoms with E-state index < -0.39 is 0 Å². The zero-order chi connectivity index (χ0) is 8.91. The number of terminal acetylenes is 1. The summed E-state index contributed by atoms with van der Waals surface area (Å²) in [5.41, 5.74) is 0.307. The van der Waals surface area contributed by atoms with E-state index in [0.29, 0.717) is 11.5 Å². The summed E-state index contributed by atoms with van der Waals surface area (Å²) in [7, 11) is 1.97. The van der Waals surface area contributed by atoms with Crippen LogP contribution in [0.25, 0.3) is 0 Å². The monoisotopic (exact) mass is 153 g/mol. The van der Waals surface area contributed by atoms with Gasteiger partial charge in [-0.15, -0.1) is 12.3 Å². The fourth-order valence-corrected chi connectivity index (χ4v) is 1.13. The maximum atomic E-state index is 5.27. The Hall–Kier alpha value is -0.480. The summed E-state index contributed by atoms with van der Waals surface area (Å²) in [5, 5.41) is 3.25. The molecule has 0 amide bonds. The van der Waals surface area contributed by atoms with Crippen LogP contribution in [-0.2, 0) is 0 Å². The highest BCUT2D eigenvalue weighted by molar-refractivity contribution is 4.94. The van der Waals surface area contributed by atoms with Gasteiger partial charge in [-0.2, -0.15) is 0 Å². The molecule has 0 saturated carbocycles. The molecule has 0 spiro atoms. The Kier molecular flexibility index (Phi) is 4.22. The van der Waals surface area contributed by atoms with Crippen molar-refractivity contribution >= 4 is 0 Å². The Morgan fingerprint density at radius 2 is 2.09 bits per heavy atom. The van der Waals surface area contributed by atoms with Crippen LogP contribution in [0.4, 0.5) is 0 Å². The van der Waals surface area contributed by atoms with Crippen molar-refractivity contribution in [1.29, 1.82) is 0 Å². The largest absolute Gasteiger partial charge is 0.316 e. The fraction of sp³-hybridized carbons (Fsp3) is 0.800. The Labute approximate surface area is 70.6 Å². The highest BCUT2D eigenvalue weighted by Crippen LogP contribution is 2.26. The topological polar surface area (TPSA) is 12.0 Å². The van der Waals surface area contributed by atoms with Gasteiger partial charge >= 0.3 is 0 Å². The summed E-state index contributed by atoms with van der Waals surface area (Å²) in [6.45, 7) is 6.68. The van der Waals surface area contributed by atoms with Crippen molar-refractivity contribution in [3.8, 4) is 12.3 Å². The van der Waals surface area contributed by atoms with Crippen LogP contribution in [0.3, 0.4) is 0 Å². The summed E-state index contributed by atoms with van der Waals surface area (Å²) < 4.78 is 0. The average Bonchev–Trinajstić information content (AvgIpc) is 2.00. The highest BCUT2D eigenvalue weighted by atomic mass is 14.9. The van der Waals surface area contributed by atoms with Crippen LogP contribution in [0.2, 0.25) is 0 Å². The quantitative estimate of drug-likeness (QED) is 0.609. The zero-order valence-electron chi connectivity index (χ0n) is 8.07. The van der Waals surface area contributed by atoms with Gasteiger partial charge in [-0.05, 0) is 18.9 Å². The minimum Gasteiger partial charge on any atom is -0.316 e. The number of hydrogen-bond acceptors (Lipinski definition) is 1. The lowest BCUT2D eigenvalue weighted by atomic mass is 9.80. The molecule has 0 aromatic carbocycles. The van der Waals surface area contributed by atoms with Crippen molar-refractivity contribution in [1.82, 2.24) is 5.32 Å². The maximum Gasteiger partial charge on any atom is 0.0245 e. The molecule has 64 valence electrons. The van der Waals surface area contributed by atoms with Crippen LogP contribution in [0.1, 0.15) is 33.6 Å². The molecule has 0 rings (SSSR count). The number of rotatable bonds is 4. The first-order valence-electron chi connectivity index (χ1n) is 4.19. The van der Waals surface area contributed by atoms with Gasteiger partial charge < -0.3 is 5.32 Å². The van der Waals surface area contributed by atoms with Crippen LogP contribution in [0, 0.1) is 17.8 Å². The molecule has 0 saturated heterocycles. The molecular formula is C10H19N. The molecule has 11 heavy (non-hydrogen) atoms. The lowest BCUT2D eigenvalue weighted by Gasteiger charge is -2.31. The normalized spacial score (nSPS) is 14.1. The molecule has 0 bridgehead atoms. The Morgan fingerprint density at radius 3 is 2.36 bits per heavy atom. The highest BCUT2D eigenvalue weighted by Gasteiger charge is 2.24. The van der Waals surface area contributed by atoms with Gasteiger partial charge in [0.05, 0.1) is 0 Å². The van der Waals surface area contributed by atoms with Crippen molar-refractivity contribution in [3.63, 3.8) is 0 Å². The summed E-state index contributed by atoms with van der Waals surface area (Å²) in [4.78, 5) is 0. The van der Waals surface area contributed by atoms with Crippen LogP contribution in [-0.4, -0.2) is 13.1 Å². The minimum atomic E-state index is 0.307. The fourth-order valence-electron chi connectivity index (χ4n) is 1.13. The summed E-state index contributed by atoms with van der Waals surface area (Å²) >= 11 is 0. The third-order valence-electron chi connectivity index (χ3n) is 2.52. The summed E-state index contributed by atoms with van der Waals surface area (Å²) in [5.74, 6) is 2.70. The van der Waals surface area contributed by atoms with E-state index in [1.807, 2.05) is 7.05 Å². The van der Waals surface area contributed by atoms with Gasteiger partial charge in [0.2, 0.25) is 0 Å². The van der Waals surface area contributed by atoms with E-state index in [1.54, 1.807) is 0 Å². The van der Waals surface area contributed by atoms with E-state index in [4.69, 9.17) is 6.42 Å². The third kappa shape index (κ3) is 2.95. The van der Waals surface area contributed by atoms with Gasteiger partial charge in [-0.25, -0.2) is 0 Å². The summed E-state index contributed by atoms with van der Waals surface area (Å²) in [6.07, 6.45) is 7.24.